The summed E-state index contributed by atoms with van der Waals surface area (Å²) in [6.45, 7) is 0.826. The van der Waals surface area contributed by atoms with Crippen molar-refractivity contribution in [3.8, 4) is 11.5 Å². The summed E-state index contributed by atoms with van der Waals surface area (Å²) in [4.78, 5) is 41.4. The van der Waals surface area contributed by atoms with Crippen molar-refractivity contribution in [1.29, 1.82) is 0 Å². The molecule has 2 aromatic rings. The highest BCUT2D eigenvalue weighted by molar-refractivity contribution is 5.93. The second-order valence-electron chi connectivity index (χ2n) is 5.44. The lowest BCUT2D eigenvalue weighted by atomic mass is 9.98. The Morgan fingerprint density at radius 2 is 1.79 bits per heavy atom. The quantitative estimate of drug-likeness (QED) is 0.840. The molecule has 2 N–H and O–H groups in total. The minimum Gasteiger partial charge on any atom is -0.493 e. The number of nitrogens with one attached hydrogen (secondary N) is 2. The third-order valence-electron chi connectivity index (χ3n) is 4.05. The molecule has 0 spiro atoms. The number of methoxy groups -OCH3 is 2. The molecule has 0 saturated heterocycles. The van der Waals surface area contributed by atoms with Gasteiger partial charge in [-0.2, -0.15) is 0 Å². The maximum absolute atomic E-state index is 12.5. The number of rotatable bonds is 3. The molecule has 1 aliphatic heterocycles. The molecule has 0 saturated carbocycles. The minimum atomic E-state index is -0.693. The number of hydrogen-bond donors (Lipinski definition) is 2. The van der Waals surface area contributed by atoms with Gasteiger partial charge in [-0.1, -0.05) is 0 Å². The fourth-order valence-corrected chi connectivity index (χ4v) is 2.80. The van der Waals surface area contributed by atoms with Crippen LogP contribution in [0.2, 0.25) is 0 Å². The first-order valence-electron chi connectivity index (χ1n) is 7.38. The average Bonchev–Trinajstić information content (AvgIpc) is 2.59. The lowest BCUT2D eigenvalue weighted by molar-refractivity contribution is 0.0732. The molecule has 1 amide bonds. The second-order valence-corrected chi connectivity index (χ2v) is 5.44. The molecule has 126 valence electrons. The van der Waals surface area contributed by atoms with Crippen LogP contribution in [0.15, 0.2) is 27.9 Å². The molecule has 2 heterocycles. The zero-order valence-electron chi connectivity index (χ0n) is 13.3. The van der Waals surface area contributed by atoms with Crippen molar-refractivity contribution in [1.82, 2.24) is 14.9 Å². The fraction of sp³-hybridized carbons (Fsp3) is 0.312. The van der Waals surface area contributed by atoms with E-state index in [2.05, 4.69) is 9.97 Å². The first-order chi connectivity index (χ1) is 11.5. The summed E-state index contributed by atoms with van der Waals surface area (Å²) >= 11 is 0. The SMILES string of the molecule is COc1cc2c(cc1OC)CN(C(=O)c1c[nH]c(=O)[nH]c1=O)CC2. The lowest BCUT2D eigenvalue weighted by Crippen LogP contribution is -2.39. The van der Waals surface area contributed by atoms with E-state index in [4.69, 9.17) is 9.47 Å². The predicted octanol–water partition coefficient (Wildman–Crippen LogP) is 0.279. The largest absolute Gasteiger partial charge is 0.493 e. The van der Waals surface area contributed by atoms with Gasteiger partial charge >= 0.3 is 5.69 Å². The van der Waals surface area contributed by atoms with Gasteiger partial charge in [-0.05, 0) is 29.7 Å². The summed E-state index contributed by atoms with van der Waals surface area (Å²) < 4.78 is 10.6. The molecule has 8 heteroatoms. The highest BCUT2D eigenvalue weighted by Crippen LogP contribution is 2.33. The van der Waals surface area contributed by atoms with Crippen LogP contribution in [-0.2, 0) is 13.0 Å². The number of nitrogens with zero attached hydrogens (tertiary/aromatic N) is 1. The Morgan fingerprint density at radius 1 is 1.12 bits per heavy atom. The smallest absolute Gasteiger partial charge is 0.325 e. The predicted molar refractivity (Wildman–Crippen MR) is 85.7 cm³/mol. The molecule has 1 aliphatic rings. The van der Waals surface area contributed by atoms with Crippen molar-refractivity contribution < 1.29 is 14.3 Å². The van der Waals surface area contributed by atoms with Gasteiger partial charge in [0.25, 0.3) is 11.5 Å². The molecular weight excluding hydrogens is 314 g/mol. The van der Waals surface area contributed by atoms with Crippen LogP contribution in [0.3, 0.4) is 0 Å². The first kappa shape index (κ1) is 15.9. The van der Waals surface area contributed by atoms with E-state index in [1.165, 1.54) is 0 Å². The van der Waals surface area contributed by atoms with Gasteiger partial charge in [0.1, 0.15) is 5.56 Å². The number of carbonyl (C=O) groups excluding carboxylic acids is 1. The van der Waals surface area contributed by atoms with Gasteiger partial charge in [0.2, 0.25) is 0 Å². The van der Waals surface area contributed by atoms with Gasteiger partial charge in [0.05, 0.1) is 14.2 Å². The number of aromatic amines is 2. The van der Waals surface area contributed by atoms with E-state index in [1.807, 2.05) is 12.1 Å². The molecular formula is C16H17N3O5. The summed E-state index contributed by atoms with van der Waals surface area (Å²) in [5, 5.41) is 0. The summed E-state index contributed by atoms with van der Waals surface area (Å²) in [6.07, 6.45) is 1.79. The number of benzene rings is 1. The molecule has 1 aromatic heterocycles. The van der Waals surface area contributed by atoms with Crippen LogP contribution in [0.1, 0.15) is 21.5 Å². The zero-order chi connectivity index (χ0) is 17.3. The molecule has 0 unspecified atom stereocenters. The summed E-state index contributed by atoms with van der Waals surface area (Å²) in [6, 6.07) is 3.74. The van der Waals surface area contributed by atoms with Crippen molar-refractivity contribution in [2.75, 3.05) is 20.8 Å². The summed E-state index contributed by atoms with van der Waals surface area (Å²) in [7, 11) is 3.13. The maximum Gasteiger partial charge on any atom is 0.325 e. The molecule has 8 nitrogen and oxygen atoms in total. The third-order valence-corrected chi connectivity index (χ3v) is 4.05. The Bertz CT molecular complexity index is 899. The fourth-order valence-electron chi connectivity index (χ4n) is 2.80. The summed E-state index contributed by atoms with van der Waals surface area (Å²) in [5.74, 6) is 0.813. The monoisotopic (exact) mass is 331 g/mol. The van der Waals surface area contributed by atoms with Crippen LogP contribution in [-0.4, -0.2) is 41.5 Å². The van der Waals surface area contributed by atoms with Crippen LogP contribution < -0.4 is 20.7 Å². The van der Waals surface area contributed by atoms with E-state index >= 15 is 0 Å². The van der Waals surface area contributed by atoms with Crippen LogP contribution in [0.5, 0.6) is 11.5 Å². The average molecular weight is 331 g/mol. The third kappa shape index (κ3) is 2.78. The van der Waals surface area contributed by atoms with E-state index in [1.54, 1.807) is 19.1 Å². The number of hydrogen-bond acceptors (Lipinski definition) is 5. The van der Waals surface area contributed by atoms with Gasteiger partial charge in [0.15, 0.2) is 11.5 Å². The van der Waals surface area contributed by atoms with Crippen molar-refractivity contribution in [3.63, 3.8) is 0 Å². The Kier molecular flexibility index (Phi) is 4.11. The molecule has 0 atom stereocenters. The van der Waals surface area contributed by atoms with Crippen LogP contribution in [0.4, 0.5) is 0 Å². The Balaban J connectivity index is 1.90. The van der Waals surface area contributed by atoms with Crippen molar-refractivity contribution in [2.45, 2.75) is 13.0 Å². The van der Waals surface area contributed by atoms with E-state index in [0.29, 0.717) is 31.0 Å². The molecule has 0 aliphatic carbocycles. The van der Waals surface area contributed by atoms with Gasteiger partial charge in [-0.3, -0.25) is 14.6 Å². The number of carbonyl (C=O) groups is 1. The number of fused-ring (bicyclic) bond motifs is 1. The van der Waals surface area contributed by atoms with E-state index in [-0.39, 0.29) is 5.56 Å². The normalized spacial score (nSPS) is 13.3. The van der Waals surface area contributed by atoms with E-state index in [0.717, 1.165) is 17.3 Å². The Labute approximate surface area is 137 Å². The van der Waals surface area contributed by atoms with Crippen LogP contribution >= 0.6 is 0 Å². The standard InChI is InChI=1S/C16H17N3O5/c1-23-12-5-9-3-4-19(8-10(9)6-13(12)24-2)15(21)11-7-17-16(22)18-14(11)20/h5-7H,3-4,8H2,1-2H3,(H2,17,18,20,22). The van der Waals surface area contributed by atoms with Crippen molar-refractivity contribution in [3.05, 3.63) is 55.9 Å². The van der Waals surface area contributed by atoms with E-state index in [9.17, 15) is 14.4 Å². The number of ether oxygens (including phenoxy) is 2. The molecule has 0 bridgehead atoms. The molecule has 0 fully saturated rings. The van der Waals surface area contributed by atoms with Gasteiger partial charge < -0.3 is 19.4 Å². The second kappa shape index (κ2) is 6.23. The molecule has 1 aromatic carbocycles. The maximum atomic E-state index is 12.5. The number of H-pyrrole nitrogens is 2. The highest BCUT2D eigenvalue weighted by atomic mass is 16.5. The van der Waals surface area contributed by atoms with Crippen molar-refractivity contribution >= 4 is 5.91 Å². The van der Waals surface area contributed by atoms with Gasteiger partial charge in [-0.15, -0.1) is 0 Å². The van der Waals surface area contributed by atoms with Crippen molar-refractivity contribution in [2.24, 2.45) is 0 Å². The van der Waals surface area contributed by atoms with Crippen LogP contribution in [0, 0.1) is 0 Å². The minimum absolute atomic E-state index is 0.0847. The number of amides is 1. The van der Waals surface area contributed by atoms with Crippen LogP contribution in [0.25, 0.3) is 0 Å². The topological polar surface area (TPSA) is 104 Å². The molecule has 24 heavy (non-hydrogen) atoms. The molecule has 3 rings (SSSR count). The molecule has 0 radical (unpaired) electrons. The van der Waals surface area contributed by atoms with E-state index < -0.39 is 17.2 Å². The zero-order valence-corrected chi connectivity index (χ0v) is 13.3. The first-order valence-corrected chi connectivity index (χ1v) is 7.38. The highest BCUT2D eigenvalue weighted by Gasteiger charge is 2.25. The Morgan fingerprint density at radius 3 is 2.42 bits per heavy atom. The lowest BCUT2D eigenvalue weighted by Gasteiger charge is -2.29. The summed E-state index contributed by atoms with van der Waals surface area (Å²) in [5.41, 5.74) is 0.595. The number of aromatic nitrogens is 2. The Hall–Kier alpha value is -3.03. The van der Waals surface area contributed by atoms with Gasteiger partial charge in [0, 0.05) is 19.3 Å². The van der Waals surface area contributed by atoms with Gasteiger partial charge in [-0.25, -0.2) is 4.79 Å².